The van der Waals surface area contributed by atoms with Gasteiger partial charge in [-0.25, -0.2) is 9.48 Å². The van der Waals surface area contributed by atoms with Crippen LogP contribution in [0.1, 0.15) is 35.4 Å². The topological polar surface area (TPSA) is 96.2 Å². The van der Waals surface area contributed by atoms with Crippen LogP contribution in [0, 0.1) is 6.92 Å². The molecule has 1 aliphatic carbocycles. The fourth-order valence-electron chi connectivity index (χ4n) is 2.53. The predicted molar refractivity (Wildman–Crippen MR) is 96.9 cm³/mol. The number of hydrogen-bond donors (Lipinski definition) is 0. The maximum absolute atomic E-state index is 12.4. The normalized spacial score (nSPS) is 14.0. The number of ketones is 1. The number of aromatic nitrogens is 4. The van der Waals surface area contributed by atoms with Crippen LogP contribution in [-0.2, 0) is 16.1 Å². The Bertz CT molecular complexity index is 910. The molecule has 0 radical (unpaired) electrons. The SMILES string of the molecule is Cc1nnnn1CCOc1c(Cl)ccc(C(=O)OC2=CC(=O)CCC2)c1Cl. The molecule has 0 N–H and O–H groups in total. The number of carbonyl (C=O) groups excluding carboxylic acids is 2. The minimum atomic E-state index is -0.668. The van der Waals surface area contributed by atoms with E-state index in [9.17, 15) is 9.59 Å². The van der Waals surface area contributed by atoms with E-state index < -0.39 is 5.97 Å². The number of halogens is 2. The smallest absolute Gasteiger partial charge is 0.344 e. The van der Waals surface area contributed by atoms with E-state index in [2.05, 4.69) is 15.5 Å². The monoisotopic (exact) mass is 410 g/mol. The Hall–Kier alpha value is -2.45. The zero-order valence-corrected chi connectivity index (χ0v) is 16.0. The van der Waals surface area contributed by atoms with Gasteiger partial charge in [0.2, 0.25) is 0 Å². The molecule has 0 unspecified atom stereocenters. The average Bonchev–Trinajstić information content (AvgIpc) is 3.02. The Morgan fingerprint density at radius 3 is 2.81 bits per heavy atom. The molecule has 0 amide bonds. The molecular formula is C17H16Cl2N4O4. The van der Waals surface area contributed by atoms with E-state index in [1.807, 2.05) is 0 Å². The Labute approximate surface area is 165 Å². The first-order chi connectivity index (χ1) is 13.0. The molecule has 0 saturated heterocycles. The molecule has 27 heavy (non-hydrogen) atoms. The van der Waals surface area contributed by atoms with Crippen LogP contribution in [0.25, 0.3) is 0 Å². The summed E-state index contributed by atoms with van der Waals surface area (Å²) >= 11 is 12.4. The average molecular weight is 411 g/mol. The molecule has 0 saturated carbocycles. The third kappa shape index (κ3) is 4.64. The summed E-state index contributed by atoms with van der Waals surface area (Å²) in [6, 6.07) is 2.96. The molecule has 1 heterocycles. The van der Waals surface area contributed by atoms with E-state index in [-0.39, 0.29) is 33.7 Å². The van der Waals surface area contributed by atoms with Gasteiger partial charge in [0, 0.05) is 18.9 Å². The van der Waals surface area contributed by atoms with Crippen molar-refractivity contribution in [2.75, 3.05) is 6.61 Å². The van der Waals surface area contributed by atoms with Crippen LogP contribution in [0.15, 0.2) is 24.0 Å². The number of carbonyl (C=O) groups is 2. The van der Waals surface area contributed by atoms with Crippen molar-refractivity contribution >= 4 is 35.0 Å². The first-order valence-electron chi connectivity index (χ1n) is 8.25. The fourth-order valence-corrected chi connectivity index (χ4v) is 3.08. The van der Waals surface area contributed by atoms with Crippen molar-refractivity contribution in [2.45, 2.75) is 32.7 Å². The van der Waals surface area contributed by atoms with E-state index in [1.165, 1.54) is 18.2 Å². The van der Waals surface area contributed by atoms with Crippen molar-refractivity contribution in [1.82, 2.24) is 20.2 Å². The second-order valence-corrected chi connectivity index (χ2v) is 6.64. The summed E-state index contributed by atoms with van der Waals surface area (Å²) in [6.45, 7) is 2.35. The highest BCUT2D eigenvalue weighted by Gasteiger charge is 2.21. The van der Waals surface area contributed by atoms with Gasteiger partial charge in [0.1, 0.15) is 18.2 Å². The second-order valence-electron chi connectivity index (χ2n) is 5.86. The van der Waals surface area contributed by atoms with Crippen LogP contribution in [0.2, 0.25) is 10.0 Å². The lowest BCUT2D eigenvalue weighted by Gasteiger charge is -2.15. The summed E-state index contributed by atoms with van der Waals surface area (Å²) in [7, 11) is 0. The summed E-state index contributed by atoms with van der Waals surface area (Å²) in [6.07, 6.45) is 2.98. The number of aryl methyl sites for hydroxylation is 1. The Morgan fingerprint density at radius 2 is 2.11 bits per heavy atom. The Morgan fingerprint density at radius 1 is 1.30 bits per heavy atom. The van der Waals surface area contributed by atoms with Crippen molar-refractivity contribution in [3.8, 4) is 5.75 Å². The highest BCUT2D eigenvalue weighted by Crippen LogP contribution is 2.36. The lowest BCUT2D eigenvalue weighted by molar-refractivity contribution is -0.115. The predicted octanol–water partition coefficient (Wildman–Crippen LogP) is 3.16. The molecule has 0 atom stereocenters. The maximum Gasteiger partial charge on any atom is 0.344 e. The van der Waals surface area contributed by atoms with Crippen LogP contribution in [-0.4, -0.2) is 38.6 Å². The first-order valence-corrected chi connectivity index (χ1v) is 9.00. The van der Waals surface area contributed by atoms with Crippen molar-refractivity contribution < 1.29 is 19.1 Å². The van der Waals surface area contributed by atoms with Crippen molar-refractivity contribution in [3.63, 3.8) is 0 Å². The van der Waals surface area contributed by atoms with Gasteiger partial charge in [-0.1, -0.05) is 23.2 Å². The largest absolute Gasteiger partial charge is 0.488 e. The maximum atomic E-state index is 12.4. The molecule has 2 aromatic rings. The van der Waals surface area contributed by atoms with Crippen molar-refractivity contribution in [2.24, 2.45) is 0 Å². The number of benzene rings is 1. The lowest BCUT2D eigenvalue weighted by atomic mass is 10.1. The highest BCUT2D eigenvalue weighted by atomic mass is 35.5. The third-order valence-corrected chi connectivity index (χ3v) is 4.59. The molecule has 0 aliphatic heterocycles. The Balaban J connectivity index is 1.71. The molecule has 1 aromatic heterocycles. The Kier molecular flexibility index (Phi) is 6.08. The van der Waals surface area contributed by atoms with Crippen LogP contribution in [0.3, 0.4) is 0 Å². The number of rotatable bonds is 6. The summed E-state index contributed by atoms with van der Waals surface area (Å²) in [4.78, 5) is 23.9. The molecule has 3 rings (SSSR count). The minimum absolute atomic E-state index is 0.0451. The quantitative estimate of drug-likeness (QED) is 0.674. The number of hydrogen-bond acceptors (Lipinski definition) is 7. The van der Waals surface area contributed by atoms with Gasteiger partial charge in [-0.3, -0.25) is 4.79 Å². The van der Waals surface area contributed by atoms with Crippen molar-refractivity contribution in [3.05, 3.63) is 45.4 Å². The minimum Gasteiger partial charge on any atom is -0.488 e. The van der Waals surface area contributed by atoms with Crippen molar-refractivity contribution in [1.29, 1.82) is 0 Å². The summed E-state index contributed by atoms with van der Waals surface area (Å²) in [5.74, 6) is 0.418. The summed E-state index contributed by atoms with van der Waals surface area (Å²) in [5.41, 5.74) is 0.105. The van der Waals surface area contributed by atoms with Gasteiger partial charge in [-0.05, 0) is 35.9 Å². The molecule has 10 heteroatoms. The summed E-state index contributed by atoms with van der Waals surface area (Å²) in [5, 5.41) is 11.4. The molecule has 8 nitrogen and oxygen atoms in total. The number of ether oxygens (including phenoxy) is 2. The molecule has 0 bridgehead atoms. The zero-order valence-electron chi connectivity index (χ0n) is 14.4. The highest BCUT2D eigenvalue weighted by molar-refractivity contribution is 6.39. The molecule has 0 spiro atoms. The van der Waals surface area contributed by atoms with Crippen LogP contribution < -0.4 is 4.74 Å². The van der Waals surface area contributed by atoms with Gasteiger partial charge < -0.3 is 9.47 Å². The van der Waals surface area contributed by atoms with E-state index in [0.717, 1.165) is 0 Å². The second kappa shape index (κ2) is 8.49. The van der Waals surface area contributed by atoms with Gasteiger partial charge in [0.25, 0.3) is 0 Å². The van der Waals surface area contributed by atoms with Crippen LogP contribution >= 0.6 is 23.2 Å². The molecule has 142 valence electrons. The van der Waals surface area contributed by atoms with E-state index in [0.29, 0.717) is 37.4 Å². The number of esters is 1. The van der Waals surface area contributed by atoms with Gasteiger partial charge in [-0.2, -0.15) is 0 Å². The molecular weight excluding hydrogens is 395 g/mol. The lowest BCUT2D eigenvalue weighted by Crippen LogP contribution is -2.13. The van der Waals surface area contributed by atoms with Gasteiger partial charge >= 0.3 is 5.97 Å². The van der Waals surface area contributed by atoms with Gasteiger partial charge in [0.15, 0.2) is 11.5 Å². The third-order valence-electron chi connectivity index (χ3n) is 3.92. The van der Waals surface area contributed by atoms with Crippen LogP contribution in [0.4, 0.5) is 0 Å². The van der Waals surface area contributed by atoms with E-state index in [4.69, 9.17) is 32.7 Å². The number of nitrogens with zero attached hydrogens (tertiary/aromatic N) is 4. The molecule has 1 aliphatic rings. The molecule has 0 fully saturated rings. The first kappa shape index (κ1) is 19.3. The number of allylic oxidation sites excluding steroid dienone is 2. The van der Waals surface area contributed by atoms with Crippen LogP contribution in [0.5, 0.6) is 5.75 Å². The zero-order chi connectivity index (χ0) is 19.4. The standard InChI is InChI=1S/C17H16Cl2N4O4/c1-10-20-21-22-23(10)7-8-26-16-14(18)6-5-13(15(16)19)17(25)27-12-4-2-3-11(24)9-12/h5-6,9H,2-4,7-8H2,1H3. The number of tetrazole rings is 1. The van der Waals surface area contributed by atoms with E-state index >= 15 is 0 Å². The van der Waals surface area contributed by atoms with Gasteiger partial charge in [0.05, 0.1) is 22.2 Å². The molecule has 1 aromatic carbocycles. The fraction of sp³-hybridized carbons (Fsp3) is 0.353. The summed E-state index contributed by atoms with van der Waals surface area (Å²) < 4.78 is 12.5. The van der Waals surface area contributed by atoms with E-state index in [1.54, 1.807) is 11.6 Å². The van der Waals surface area contributed by atoms with Gasteiger partial charge in [-0.15, -0.1) is 5.10 Å².